The third-order valence-corrected chi connectivity index (χ3v) is 4.65. The number of aromatic nitrogens is 1. The summed E-state index contributed by atoms with van der Waals surface area (Å²) in [4.78, 5) is 17.7. The lowest BCUT2D eigenvalue weighted by Crippen LogP contribution is -2.50. The summed E-state index contributed by atoms with van der Waals surface area (Å²) in [5.41, 5.74) is -0.792. The number of urea groups is 1. The molecule has 2 heterocycles. The van der Waals surface area contributed by atoms with Crippen molar-refractivity contribution < 1.29 is 27.4 Å². The Bertz CT molecular complexity index is 596. The average molecular weight is 373 g/mol. The lowest BCUT2D eigenvalue weighted by atomic mass is 9.93. The first kappa shape index (κ1) is 18.8. The summed E-state index contributed by atoms with van der Waals surface area (Å²) >= 11 is 0. The number of rotatable bonds is 3. The maximum atomic E-state index is 12.5. The molecule has 26 heavy (non-hydrogen) atoms. The van der Waals surface area contributed by atoms with Gasteiger partial charge in [0.2, 0.25) is 5.88 Å². The number of pyridine rings is 1. The number of hydrogen-bond donors (Lipinski definition) is 1. The van der Waals surface area contributed by atoms with Crippen molar-refractivity contribution in [1.82, 2.24) is 15.2 Å². The van der Waals surface area contributed by atoms with Crippen molar-refractivity contribution >= 4 is 6.03 Å². The Balaban J connectivity index is 1.43. The summed E-state index contributed by atoms with van der Waals surface area (Å²) in [5, 5.41) is 3.03. The Hall–Kier alpha value is -2.03. The molecule has 9 heteroatoms. The van der Waals surface area contributed by atoms with E-state index in [0.717, 1.165) is 37.9 Å². The van der Waals surface area contributed by atoms with Crippen molar-refractivity contribution in [2.75, 3.05) is 26.3 Å². The highest BCUT2D eigenvalue weighted by atomic mass is 19.4. The number of morpholine rings is 1. The second kappa shape index (κ2) is 8.11. The molecule has 144 valence electrons. The van der Waals surface area contributed by atoms with Crippen LogP contribution in [0.4, 0.5) is 18.0 Å². The number of carbonyl (C=O) groups excluding carboxylic acids is 1. The number of nitrogens with one attached hydrogen (secondary N) is 1. The molecule has 0 spiro atoms. The fourth-order valence-corrected chi connectivity index (χ4v) is 3.15. The summed E-state index contributed by atoms with van der Waals surface area (Å²) < 4.78 is 48.5. The number of halogens is 3. The molecule has 0 atom stereocenters. The Morgan fingerprint density at radius 2 is 1.88 bits per heavy atom. The SMILES string of the molecule is O=C(NC1CCC(Oc2ccc(C(F)(F)F)cn2)CC1)N1CCOCC1. The zero-order valence-electron chi connectivity index (χ0n) is 14.3. The van der Waals surface area contributed by atoms with Gasteiger partial charge in [-0.05, 0) is 31.7 Å². The fraction of sp³-hybridized carbons (Fsp3) is 0.647. The van der Waals surface area contributed by atoms with Gasteiger partial charge in [0.1, 0.15) is 6.10 Å². The van der Waals surface area contributed by atoms with Gasteiger partial charge < -0.3 is 19.7 Å². The van der Waals surface area contributed by atoms with E-state index in [0.29, 0.717) is 26.3 Å². The molecule has 0 unspecified atom stereocenters. The third-order valence-electron chi connectivity index (χ3n) is 4.65. The maximum Gasteiger partial charge on any atom is 0.417 e. The van der Waals surface area contributed by atoms with Gasteiger partial charge in [0.15, 0.2) is 0 Å². The maximum absolute atomic E-state index is 12.5. The van der Waals surface area contributed by atoms with Crippen LogP contribution in [0.5, 0.6) is 5.88 Å². The summed E-state index contributed by atoms with van der Waals surface area (Å²) in [7, 11) is 0. The van der Waals surface area contributed by atoms with Gasteiger partial charge in [-0.1, -0.05) is 0 Å². The topological polar surface area (TPSA) is 63.7 Å². The van der Waals surface area contributed by atoms with Gasteiger partial charge in [-0.2, -0.15) is 13.2 Å². The third kappa shape index (κ3) is 5.00. The molecule has 2 aliphatic rings. The monoisotopic (exact) mass is 373 g/mol. The van der Waals surface area contributed by atoms with Crippen LogP contribution in [0.25, 0.3) is 0 Å². The molecule has 1 aliphatic heterocycles. The second-order valence-electron chi connectivity index (χ2n) is 6.52. The zero-order valence-corrected chi connectivity index (χ0v) is 14.3. The van der Waals surface area contributed by atoms with Crippen LogP contribution >= 0.6 is 0 Å². The van der Waals surface area contributed by atoms with Crippen LogP contribution in [-0.4, -0.2) is 54.4 Å². The number of ether oxygens (including phenoxy) is 2. The molecule has 0 bridgehead atoms. The summed E-state index contributed by atoms with van der Waals surface area (Å²) in [6.07, 6.45) is -0.752. The fourth-order valence-electron chi connectivity index (χ4n) is 3.15. The van der Waals surface area contributed by atoms with Crippen LogP contribution in [0.2, 0.25) is 0 Å². The van der Waals surface area contributed by atoms with E-state index in [1.807, 2.05) is 0 Å². The Morgan fingerprint density at radius 3 is 2.46 bits per heavy atom. The molecule has 0 radical (unpaired) electrons. The first-order valence-corrected chi connectivity index (χ1v) is 8.75. The lowest BCUT2D eigenvalue weighted by molar-refractivity contribution is -0.137. The number of nitrogens with zero attached hydrogens (tertiary/aromatic N) is 2. The molecule has 3 rings (SSSR count). The van der Waals surface area contributed by atoms with E-state index < -0.39 is 11.7 Å². The van der Waals surface area contributed by atoms with Gasteiger partial charge >= 0.3 is 12.2 Å². The van der Waals surface area contributed by atoms with Crippen LogP contribution in [0, 0.1) is 0 Å². The van der Waals surface area contributed by atoms with E-state index in [1.54, 1.807) is 4.90 Å². The highest BCUT2D eigenvalue weighted by Crippen LogP contribution is 2.30. The highest BCUT2D eigenvalue weighted by molar-refractivity contribution is 5.74. The molecule has 0 aromatic carbocycles. The van der Waals surface area contributed by atoms with Gasteiger partial charge in [0, 0.05) is 31.4 Å². The van der Waals surface area contributed by atoms with Crippen LogP contribution in [0.15, 0.2) is 18.3 Å². The molecule has 1 aliphatic carbocycles. The van der Waals surface area contributed by atoms with Crippen molar-refractivity contribution in [2.24, 2.45) is 0 Å². The Morgan fingerprint density at radius 1 is 1.19 bits per heavy atom. The predicted octanol–water partition coefficient (Wildman–Crippen LogP) is 2.83. The zero-order chi connectivity index (χ0) is 18.6. The number of amides is 2. The average Bonchev–Trinajstić information content (AvgIpc) is 2.64. The van der Waals surface area contributed by atoms with Gasteiger partial charge in [0.25, 0.3) is 0 Å². The predicted molar refractivity (Wildman–Crippen MR) is 86.8 cm³/mol. The number of alkyl halides is 3. The highest BCUT2D eigenvalue weighted by Gasteiger charge is 2.31. The Kier molecular flexibility index (Phi) is 5.85. The normalized spacial score (nSPS) is 24.2. The van der Waals surface area contributed by atoms with Crippen LogP contribution in [-0.2, 0) is 10.9 Å². The van der Waals surface area contributed by atoms with Crippen molar-refractivity contribution in [3.05, 3.63) is 23.9 Å². The van der Waals surface area contributed by atoms with Gasteiger partial charge in [0.05, 0.1) is 18.8 Å². The second-order valence-corrected chi connectivity index (χ2v) is 6.52. The minimum atomic E-state index is -4.40. The van der Waals surface area contributed by atoms with E-state index in [2.05, 4.69) is 10.3 Å². The largest absolute Gasteiger partial charge is 0.474 e. The van der Waals surface area contributed by atoms with Gasteiger partial charge in [-0.15, -0.1) is 0 Å². The first-order valence-electron chi connectivity index (χ1n) is 8.75. The van der Waals surface area contributed by atoms with Gasteiger partial charge in [-0.3, -0.25) is 0 Å². The molecule has 1 N–H and O–H groups in total. The molecule has 6 nitrogen and oxygen atoms in total. The number of hydrogen-bond acceptors (Lipinski definition) is 4. The van der Waals surface area contributed by atoms with Gasteiger partial charge in [-0.25, -0.2) is 9.78 Å². The van der Waals surface area contributed by atoms with Crippen LogP contribution in [0.3, 0.4) is 0 Å². The van der Waals surface area contributed by atoms with E-state index in [-0.39, 0.29) is 24.1 Å². The van der Waals surface area contributed by atoms with E-state index in [4.69, 9.17) is 9.47 Å². The Labute approximate surface area is 149 Å². The first-order chi connectivity index (χ1) is 12.4. The number of carbonyl (C=O) groups is 1. The molecular formula is C17H22F3N3O3. The van der Waals surface area contributed by atoms with E-state index in [1.165, 1.54) is 6.07 Å². The smallest absolute Gasteiger partial charge is 0.417 e. The van der Waals surface area contributed by atoms with Crippen LogP contribution < -0.4 is 10.1 Å². The molecule has 1 saturated heterocycles. The van der Waals surface area contributed by atoms with Crippen LogP contribution in [0.1, 0.15) is 31.2 Å². The molecule has 1 aromatic rings. The summed E-state index contributed by atoms with van der Waals surface area (Å²) in [6.45, 7) is 2.33. The van der Waals surface area contributed by atoms with Crippen molar-refractivity contribution in [2.45, 2.75) is 44.0 Å². The molecule has 2 fully saturated rings. The summed E-state index contributed by atoms with van der Waals surface area (Å²) in [5.74, 6) is 0.193. The molecule has 2 amide bonds. The van der Waals surface area contributed by atoms with E-state index in [9.17, 15) is 18.0 Å². The lowest BCUT2D eigenvalue weighted by Gasteiger charge is -2.32. The van der Waals surface area contributed by atoms with Crippen molar-refractivity contribution in [1.29, 1.82) is 0 Å². The quantitative estimate of drug-likeness (QED) is 0.885. The van der Waals surface area contributed by atoms with Crippen molar-refractivity contribution in [3.8, 4) is 5.88 Å². The minimum Gasteiger partial charge on any atom is -0.474 e. The molecule has 1 aromatic heterocycles. The standard InChI is InChI=1S/C17H22F3N3O3/c18-17(19,20)12-1-6-15(21-11-12)26-14-4-2-13(3-5-14)22-16(24)23-7-9-25-10-8-23/h1,6,11,13-14H,2-5,7-10H2,(H,22,24). The molecule has 1 saturated carbocycles. The minimum absolute atomic E-state index is 0.0675. The van der Waals surface area contributed by atoms with E-state index >= 15 is 0 Å². The molecular weight excluding hydrogens is 351 g/mol. The summed E-state index contributed by atoms with van der Waals surface area (Å²) in [6, 6.07) is 2.24. The van der Waals surface area contributed by atoms with Crippen molar-refractivity contribution in [3.63, 3.8) is 0 Å².